The summed E-state index contributed by atoms with van der Waals surface area (Å²) >= 11 is 0. The number of nitrogens with zero attached hydrogens (tertiary/aromatic N) is 2. The van der Waals surface area contributed by atoms with Gasteiger partial charge in [-0.1, -0.05) is 6.07 Å². The van der Waals surface area contributed by atoms with Gasteiger partial charge in [0.25, 0.3) is 5.91 Å². The van der Waals surface area contributed by atoms with E-state index < -0.39 is 0 Å². The minimum atomic E-state index is 0. The third-order valence-electron chi connectivity index (χ3n) is 3.59. The largest absolute Gasteiger partial charge is 0.457 e. The van der Waals surface area contributed by atoms with Crippen LogP contribution in [0.15, 0.2) is 48.8 Å². The second-order valence-electron chi connectivity index (χ2n) is 5.21. The highest BCUT2D eigenvalue weighted by Gasteiger charge is 2.17. The number of carbonyl (C=O) groups excluding carboxylic acids is 1. The highest BCUT2D eigenvalue weighted by atomic mass is 35.5. The summed E-state index contributed by atoms with van der Waals surface area (Å²) in [7, 11) is 0. The van der Waals surface area contributed by atoms with Crippen LogP contribution in [0.25, 0.3) is 0 Å². The first-order chi connectivity index (χ1) is 10.8. The Bertz CT molecular complexity index is 633. The van der Waals surface area contributed by atoms with Crippen LogP contribution in [0, 0.1) is 0 Å². The lowest BCUT2D eigenvalue weighted by Gasteiger charge is -2.20. The van der Waals surface area contributed by atoms with E-state index in [1.54, 1.807) is 30.6 Å². The Labute approximate surface area is 154 Å². The first-order valence-corrected chi connectivity index (χ1v) is 7.51. The maximum Gasteiger partial charge on any atom is 0.254 e. The van der Waals surface area contributed by atoms with Crippen molar-refractivity contribution >= 4 is 30.7 Å². The van der Waals surface area contributed by atoms with E-state index in [0.29, 0.717) is 17.1 Å². The summed E-state index contributed by atoms with van der Waals surface area (Å²) in [5.41, 5.74) is 0.661. The first kappa shape index (κ1) is 20.2. The third-order valence-corrected chi connectivity index (χ3v) is 3.59. The van der Waals surface area contributed by atoms with Crippen molar-refractivity contribution in [3.05, 3.63) is 54.4 Å². The molecule has 0 atom stereocenters. The average molecular weight is 370 g/mol. The average Bonchev–Trinajstić information content (AvgIpc) is 2.85. The Kier molecular flexibility index (Phi) is 8.54. The molecule has 0 saturated carbocycles. The van der Waals surface area contributed by atoms with Crippen molar-refractivity contribution in [2.75, 3.05) is 26.2 Å². The van der Waals surface area contributed by atoms with Gasteiger partial charge in [-0.05, 0) is 43.3 Å². The molecule has 1 amide bonds. The summed E-state index contributed by atoms with van der Waals surface area (Å²) < 4.78 is 5.76. The van der Waals surface area contributed by atoms with Gasteiger partial charge in [-0.15, -0.1) is 24.8 Å². The van der Waals surface area contributed by atoms with Crippen molar-refractivity contribution in [1.29, 1.82) is 0 Å². The summed E-state index contributed by atoms with van der Waals surface area (Å²) in [6.07, 6.45) is 4.34. The topological polar surface area (TPSA) is 54.5 Å². The monoisotopic (exact) mass is 369 g/mol. The second-order valence-corrected chi connectivity index (χ2v) is 5.21. The maximum absolute atomic E-state index is 12.6. The molecule has 0 aliphatic carbocycles. The van der Waals surface area contributed by atoms with Crippen molar-refractivity contribution in [2.45, 2.75) is 6.42 Å². The normalized spacial score (nSPS) is 13.9. The van der Waals surface area contributed by atoms with E-state index in [1.165, 1.54) is 0 Å². The Morgan fingerprint density at radius 1 is 1.04 bits per heavy atom. The van der Waals surface area contributed by atoms with Gasteiger partial charge in [0.1, 0.15) is 11.5 Å². The molecule has 1 N–H and O–H groups in total. The predicted molar refractivity (Wildman–Crippen MR) is 98.6 cm³/mol. The summed E-state index contributed by atoms with van der Waals surface area (Å²) in [5.74, 6) is 1.42. The lowest BCUT2D eigenvalue weighted by Crippen LogP contribution is -2.34. The van der Waals surface area contributed by atoms with Gasteiger partial charge in [-0.3, -0.25) is 9.78 Å². The molecular weight excluding hydrogens is 349 g/mol. The van der Waals surface area contributed by atoms with Crippen LogP contribution in [0.5, 0.6) is 11.5 Å². The van der Waals surface area contributed by atoms with Crippen LogP contribution >= 0.6 is 24.8 Å². The molecule has 1 aliphatic heterocycles. The first-order valence-electron chi connectivity index (χ1n) is 7.51. The van der Waals surface area contributed by atoms with Crippen molar-refractivity contribution in [3.8, 4) is 11.5 Å². The van der Waals surface area contributed by atoms with E-state index in [-0.39, 0.29) is 30.7 Å². The number of amides is 1. The van der Waals surface area contributed by atoms with Crippen LogP contribution in [0.2, 0.25) is 0 Å². The van der Waals surface area contributed by atoms with E-state index in [4.69, 9.17) is 4.74 Å². The van der Waals surface area contributed by atoms with Crippen LogP contribution in [0.1, 0.15) is 16.8 Å². The zero-order valence-electron chi connectivity index (χ0n) is 13.2. The van der Waals surface area contributed by atoms with Crippen LogP contribution in [0.4, 0.5) is 0 Å². The SMILES string of the molecule is Cl.Cl.O=C(c1cccc(Oc2ccncc2)c1)N1CCCNCC1. The molecule has 130 valence electrons. The van der Waals surface area contributed by atoms with Gasteiger partial charge in [0.2, 0.25) is 0 Å². The Morgan fingerprint density at radius 2 is 1.83 bits per heavy atom. The summed E-state index contributed by atoms with van der Waals surface area (Å²) in [6, 6.07) is 10.9. The standard InChI is InChI=1S/C17H19N3O2.2ClH/c21-17(20-11-2-7-18-10-12-20)14-3-1-4-16(13-14)22-15-5-8-19-9-6-15;;/h1,3-6,8-9,13,18H,2,7,10-12H2;2*1H. The molecule has 1 fully saturated rings. The Balaban J connectivity index is 0.00000144. The zero-order chi connectivity index (χ0) is 15.2. The molecule has 0 bridgehead atoms. The second kappa shape index (κ2) is 10.1. The summed E-state index contributed by atoms with van der Waals surface area (Å²) in [4.78, 5) is 18.4. The molecule has 7 heteroatoms. The minimum Gasteiger partial charge on any atom is -0.457 e. The van der Waals surface area contributed by atoms with E-state index in [0.717, 1.165) is 32.6 Å². The number of aromatic nitrogens is 1. The fourth-order valence-electron chi connectivity index (χ4n) is 2.47. The molecule has 1 aliphatic rings. The minimum absolute atomic E-state index is 0. The number of rotatable bonds is 3. The molecule has 3 rings (SSSR count). The molecule has 0 unspecified atom stereocenters. The van der Waals surface area contributed by atoms with E-state index in [2.05, 4.69) is 10.3 Å². The Morgan fingerprint density at radius 3 is 2.62 bits per heavy atom. The van der Waals surface area contributed by atoms with E-state index in [1.807, 2.05) is 23.1 Å². The fraction of sp³-hybridized carbons (Fsp3) is 0.294. The molecule has 1 aromatic heterocycles. The smallest absolute Gasteiger partial charge is 0.254 e. The van der Waals surface area contributed by atoms with Crippen LogP contribution in [-0.2, 0) is 0 Å². The van der Waals surface area contributed by atoms with Crippen LogP contribution in [0.3, 0.4) is 0 Å². The molecular formula is C17H21Cl2N3O2. The number of carbonyl (C=O) groups is 1. The van der Waals surface area contributed by atoms with Crippen molar-refractivity contribution in [1.82, 2.24) is 15.2 Å². The maximum atomic E-state index is 12.6. The molecule has 1 saturated heterocycles. The van der Waals surface area contributed by atoms with Crippen molar-refractivity contribution < 1.29 is 9.53 Å². The highest BCUT2D eigenvalue weighted by Crippen LogP contribution is 2.22. The van der Waals surface area contributed by atoms with Crippen molar-refractivity contribution in [2.24, 2.45) is 0 Å². The summed E-state index contributed by atoms with van der Waals surface area (Å²) in [5, 5.41) is 3.30. The van der Waals surface area contributed by atoms with Crippen molar-refractivity contribution in [3.63, 3.8) is 0 Å². The lowest BCUT2D eigenvalue weighted by molar-refractivity contribution is 0.0766. The predicted octanol–water partition coefficient (Wildman–Crippen LogP) is 3.15. The number of halogens is 2. The van der Waals surface area contributed by atoms with Gasteiger partial charge in [-0.25, -0.2) is 0 Å². The van der Waals surface area contributed by atoms with Gasteiger partial charge >= 0.3 is 0 Å². The van der Waals surface area contributed by atoms with Gasteiger partial charge in [0.15, 0.2) is 0 Å². The van der Waals surface area contributed by atoms with E-state index >= 15 is 0 Å². The van der Waals surface area contributed by atoms with Gasteiger partial charge in [0.05, 0.1) is 0 Å². The lowest BCUT2D eigenvalue weighted by atomic mass is 10.2. The third kappa shape index (κ3) is 5.37. The Hall–Kier alpha value is -1.82. The van der Waals surface area contributed by atoms with Crippen LogP contribution < -0.4 is 10.1 Å². The molecule has 2 heterocycles. The molecule has 1 aromatic carbocycles. The molecule has 0 spiro atoms. The molecule has 5 nitrogen and oxygen atoms in total. The van der Waals surface area contributed by atoms with Gasteiger partial charge in [0, 0.05) is 37.6 Å². The molecule has 24 heavy (non-hydrogen) atoms. The zero-order valence-corrected chi connectivity index (χ0v) is 14.8. The molecule has 0 radical (unpaired) electrons. The quantitative estimate of drug-likeness (QED) is 0.902. The number of nitrogens with one attached hydrogen (secondary N) is 1. The van der Waals surface area contributed by atoms with Gasteiger partial charge < -0.3 is 15.0 Å². The number of hydrogen-bond acceptors (Lipinski definition) is 4. The number of pyridine rings is 1. The van der Waals surface area contributed by atoms with E-state index in [9.17, 15) is 4.79 Å². The number of ether oxygens (including phenoxy) is 1. The van der Waals surface area contributed by atoms with Gasteiger partial charge in [-0.2, -0.15) is 0 Å². The fourth-order valence-corrected chi connectivity index (χ4v) is 2.47. The van der Waals surface area contributed by atoms with Crippen LogP contribution in [-0.4, -0.2) is 42.0 Å². The number of hydrogen-bond donors (Lipinski definition) is 1. The highest BCUT2D eigenvalue weighted by molar-refractivity contribution is 5.94. The molecule has 2 aromatic rings. The number of benzene rings is 1. The summed E-state index contributed by atoms with van der Waals surface area (Å²) in [6.45, 7) is 3.35.